The number of carbonyl (C=O) groups excluding carboxylic acids is 1. The van der Waals surface area contributed by atoms with E-state index in [4.69, 9.17) is 9.15 Å². The van der Waals surface area contributed by atoms with Gasteiger partial charge in [0, 0.05) is 12.6 Å². The predicted octanol–water partition coefficient (Wildman–Crippen LogP) is 2.65. The second kappa shape index (κ2) is 7.49. The van der Waals surface area contributed by atoms with Crippen LogP contribution in [0.2, 0.25) is 0 Å². The van der Waals surface area contributed by atoms with E-state index in [9.17, 15) is 17.6 Å². The van der Waals surface area contributed by atoms with Crippen molar-refractivity contribution < 1.29 is 26.8 Å². The number of amides is 1. The number of nitrogens with zero attached hydrogens (tertiary/aromatic N) is 1. The van der Waals surface area contributed by atoms with Crippen molar-refractivity contribution in [1.82, 2.24) is 4.90 Å². The summed E-state index contributed by atoms with van der Waals surface area (Å²) in [4.78, 5) is 14.2. The number of furan rings is 1. The topological polar surface area (TPSA) is 76.8 Å². The van der Waals surface area contributed by atoms with E-state index in [1.165, 1.54) is 29.2 Å². The van der Waals surface area contributed by atoms with Crippen molar-refractivity contribution in [3.63, 3.8) is 0 Å². The maximum atomic E-state index is 12.9. The largest absolute Gasteiger partial charge is 0.486 e. The Labute approximate surface area is 151 Å². The summed E-state index contributed by atoms with van der Waals surface area (Å²) in [7, 11) is -3.07. The van der Waals surface area contributed by atoms with Gasteiger partial charge in [0.1, 0.15) is 23.9 Å². The van der Waals surface area contributed by atoms with Crippen LogP contribution in [0.15, 0.2) is 40.8 Å². The fourth-order valence-electron chi connectivity index (χ4n) is 2.99. The molecule has 1 aliphatic rings. The molecule has 1 fully saturated rings. The summed E-state index contributed by atoms with van der Waals surface area (Å²) in [6, 6.07) is 8.46. The highest BCUT2D eigenvalue weighted by Crippen LogP contribution is 2.21. The van der Waals surface area contributed by atoms with E-state index in [0.29, 0.717) is 24.5 Å². The van der Waals surface area contributed by atoms with Gasteiger partial charge < -0.3 is 14.1 Å². The quantitative estimate of drug-likeness (QED) is 0.769. The molecule has 1 aromatic heterocycles. The molecule has 6 nitrogen and oxygen atoms in total. The molecule has 1 saturated heterocycles. The number of benzene rings is 1. The summed E-state index contributed by atoms with van der Waals surface area (Å²) >= 11 is 0. The van der Waals surface area contributed by atoms with E-state index in [1.54, 1.807) is 12.1 Å². The Kier molecular flexibility index (Phi) is 5.31. The number of ether oxygens (including phenoxy) is 1. The van der Waals surface area contributed by atoms with Crippen LogP contribution < -0.4 is 4.74 Å². The molecule has 1 unspecified atom stereocenters. The van der Waals surface area contributed by atoms with E-state index in [1.807, 2.05) is 6.92 Å². The average Bonchev–Trinajstić information content (AvgIpc) is 3.21. The third-order valence-corrected chi connectivity index (χ3v) is 6.07. The van der Waals surface area contributed by atoms with Gasteiger partial charge in [0.05, 0.1) is 11.5 Å². The molecule has 140 valence electrons. The third kappa shape index (κ3) is 4.24. The van der Waals surface area contributed by atoms with Crippen LogP contribution in [-0.2, 0) is 16.4 Å². The molecule has 2 aromatic rings. The zero-order chi connectivity index (χ0) is 18.7. The van der Waals surface area contributed by atoms with E-state index in [2.05, 4.69) is 0 Å². The van der Waals surface area contributed by atoms with Crippen LogP contribution in [0.5, 0.6) is 5.75 Å². The Bertz CT molecular complexity index is 875. The monoisotopic (exact) mass is 381 g/mol. The van der Waals surface area contributed by atoms with Crippen LogP contribution in [0.3, 0.4) is 0 Å². The SMILES string of the molecule is CCN(C(=O)c1ccc(COc2ccc(F)cc2)o1)C1CCS(=O)(=O)C1. The Morgan fingerprint density at radius 2 is 2.00 bits per heavy atom. The lowest BCUT2D eigenvalue weighted by Crippen LogP contribution is -2.40. The van der Waals surface area contributed by atoms with Gasteiger partial charge in [-0.25, -0.2) is 12.8 Å². The van der Waals surface area contributed by atoms with Crippen LogP contribution in [-0.4, -0.2) is 43.3 Å². The standard InChI is InChI=1S/C18H20FNO5S/c1-2-20(14-9-10-26(22,23)12-14)18(21)17-8-7-16(25-17)11-24-15-5-3-13(19)4-6-15/h3-8,14H,2,9-12H2,1H3. The third-order valence-electron chi connectivity index (χ3n) is 4.32. The summed E-state index contributed by atoms with van der Waals surface area (Å²) in [5.41, 5.74) is 0. The van der Waals surface area contributed by atoms with E-state index < -0.39 is 9.84 Å². The zero-order valence-corrected chi connectivity index (χ0v) is 15.2. The predicted molar refractivity (Wildman–Crippen MR) is 93.2 cm³/mol. The number of halogens is 1. The molecule has 8 heteroatoms. The lowest BCUT2D eigenvalue weighted by atomic mass is 10.2. The lowest BCUT2D eigenvalue weighted by Gasteiger charge is -2.25. The van der Waals surface area contributed by atoms with Crippen molar-refractivity contribution in [3.8, 4) is 5.75 Å². The molecule has 1 amide bonds. The number of sulfone groups is 1. The highest BCUT2D eigenvalue weighted by Gasteiger charge is 2.35. The Morgan fingerprint density at radius 3 is 2.62 bits per heavy atom. The lowest BCUT2D eigenvalue weighted by molar-refractivity contribution is 0.0671. The van der Waals surface area contributed by atoms with Crippen molar-refractivity contribution in [2.75, 3.05) is 18.1 Å². The molecular formula is C18H20FNO5S. The van der Waals surface area contributed by atoms with Crippen molar-refractivity contribution in [2.24, 2.45) is 0 Å². The summed E-state index contributed by atoms with van der Waals surface area (Å²) in [5.74, 6) is 0.507. The molecule has 0 spiro atoms. The van der Waals surface area contributed by atoms with Crippen molar-refractivity contribution in [2.45, 2.75) is 26.0 Å². The fraction of sp³-hybridized carbons (Fsp3) is 0.389. The molecule has 0 radical (unpaired) electrons. The van der Waals surface area contributed by atoms with Crippen LogP contribution in [0.25, 0.3) is 0 Å². The highest BCUT2D eigenvalue weighted by molar-refractivity contribution is 7.91. The van der Waals surface area contributed by atoms with Gasteiger partial charge in [-0.15, -0.1) is 0 Å². The first kappa shape index (κ1) is 18.4. The van der Waals surface area contributed by atoms with Gasteiger partial charge in [0.15, 0.2) is 15.6 Å². The minimum absolute atomic E-state index is 0.00613. The van der Waals surface area contributed by atoms with Gasteiger partial charge in [-0.1, -0.05) is 0 Å². The van der Waals surface area contributed by atoms with Gasteiger partial charge >= 0.3 is 0 Å². The van der Waals surface area contributed by atoms with Gasteiger partial charge in [0.25, 0.3) is 5.91 Å². The Morgan fingerprint density at radius 1 is 1.27 bits per heavy atom. The molecule has 26 heavy (non-hydrogen) atoms. The fourth-order valence-corrected chi connectivity index (χ4v) is 4.72. The van der Waals surface area contributed by atoms with Crippen molar-refractivity contribution in [1.29, 1.82) is 0 Å². The van der Waals surface area contributed by atoms with Crippen molar-refractivity contribution >= 4 is 15.7 Å². The molecule has 1 aromatic carbocycles. The van der Waals surface area contributed by atoms with Crippen molar-refractivity contribution in [3.05, 3.63) is 53.7 Å². The van der Waals surface area contributed by atoms with E-state index >= 15 is 0 Å². The molecule has 3 rings (SSSR count). The van der Waals surface area contributed by atoms with Gasteiger partial charge in [-0.2, -0.15) is 0 Å². The van der Waals surface area contributed by atoms with Crippen LogP contribution in [0, 0.1) is 5.82 Å². The summed E-state index contributed by atoms with van der Waals surface area (Å²) < 4.78 is 47.2. The highest BCUT2D eigenvalue weighted by atomic mass is 32.2. The maximum Gasteiger partial charge on any atom is 0.289 e. The summed E-state index contributed by atoms with van der Waals surface area (Å²) in [6.07, 6.45) is 0.448. The number of rotatable bonds is 6. The minimum atomic E-state index is -3.07. The minimum Gasteiger partial charge on any atom is -0.486 e. The molecule has 1 aliphatic heterocycles. The second-order valence-corrected chi connectivity index (χ2v) is 8.39. The van der Waals surface area contributed by atoms with E-state index in [0.717, 1.165) is 0 Å². The molecule has 0 bridgehead atoms. The average molecular weight is 381 g/mol. The first-order valence-corrected chi connectivity index (χ1v) is 10.2. The van der Waals surface area contributed by atoms with Gasteiger partial charge in [0.2, 0.25) is 0 Å². The molecule has 0 N–H and O–H groups in total. The number of hydrogen-bond acceptors (Lipinski definition) is 5. The molecule has 0 saturated carbocycles. The summed E-state index contributed by atoms with van der Waals surface area (Å²) in [6.45, 7) is 2.31. The summed E-state index contributed by atoms with van der Waals surface area (Å²) in [5, 5.41) is 0. The van der Waals surface area contributed by atoms with Crippen LogP contribution >= 0.6 is 0 Å². The molecular weight excluding hydrogens is 361 g/mol. The second-order valence-electron chi connectivity index (χ2n) is 6.16. The smallest absolute Gasteiger partial charge is 0.289 e. The van der Waals surface area contributed by atoms with Gasteiger partial charge in [-0.05, 0) is 49.7 Å². The molecule has 1 atom stereocenters. The number of hydrogen-bond donors (Lipinski definition) is 0. The Hall–Kier alpha value is -2.35. The van der Waals surface area contributed by atoms with Crippen LogP contribution in [0.1, 0.15) is 29.7 Å². The van der Waals surface area contributed by atoms with Crippen LogP contribution in [0.4, 0.5) is 4.39 Å². The van der Waals surface area contributed by atoms with E-state index in [-0.39, 0.29) is 41.6 Å². The Balaban J connectivity index is 1.64. The maximum absolute atomic E-state index is 12.9. The molecule has 0 aliphatic carbocycles. The van der Waals surface area contributed by atoms with Gasteiger partial charge in [-0.3, -0.25) is 4.79 Å². The first-order chi connectivity index (χ1) is 12.4. The normalized spacial score (nSPS) is 18.6. The molecule has 2 heterocycles. The zero-order valence-electron chi connectivity index (χ0n) is 14.4. The number of carbonyl (C=O) groups is 1. The first-order valence-electron chi connectivity index (χ1n) is 8.36.